The molecule has 3 rings (SSSR count). The highest BCUT2D eigenvalue weighted by Crippen LogP contribution is 2.39. The Morgan fingerprint density at radius 1 is 1.04 bits per heavy atom. The summed E-state index contributed by atoms with van der Waals surface area (Å²) in [5.74, 6) is 0. The van der Waals surface area contributed by atoms with Gasteiger partial charge < -0.3 is 9.47 Å². The molecule has 134 valence electrons. The maximum Gasteiger partial charge on any atom is 0.429 e. The molecule has 1 aromatic rings. The molecule has 0 unspecified atom stereocenters. The molecule has 7 heteroatoms. The predicted molar refractivity (Wildman–Crippen MR) is 93.6 cm³/mol. The number of hydrogen-bond acceptors (Lipinski definition) is 5. The zero-order chi connectivity index (χ0) is 18.7. The summed E-state index contributed by atoms with van der Waals surface area (Å²) >= 11 is 0. The molecule has 1 aromatic carbocycles. The number of nitriles is 1. The standard InChI is InChI=1S/C19H19N3O4/c1-3-25-18(23)21-16-9-10-17(22(21)19(24)26-4-2)15(16)11-13-5-7-14(12-20)8-6-13/h5-11,16-17H,3-4H2,1-2H3/t16-,17+. The second-order valence-electron chi connectivity index (χ2n) is 5.74. The molecule has 1 saturated heterocycles. The second kappa shape index (κ2) is 7.31. The summed E-state index contributed by atoms with van der Waals surface area (Å²) in [4.78, 5) is 24.8. The topological polar surface area (TPSA) is 82.9 Å². The largest absolute Gasteiger partial charge is 0.448 e. The van der Waals surface area contributed by atoms with Crippen molar-refractivity contribution in [1.82, 2.24) is 10.0 Å². The Balaban J connectivity index is 1.95. The van der Waals surface area contributed by atoms with Crippen LogP contribution < -0.4 is 0 Å². The van der Waals surface area contributed by atoms with Crippen LogP contribution in [0.1, 0.15) is 25.0 Å². The molecule has 1 heterocycles. The van der Waals surface area contributed by atoms with E-state index in [1.54, 1.807) is 26.0 Å². The number of hydrogen-bond donors (Lipinski definition) is 0. The number of amides is 2. The van der Waals surface area contributed by atoms with Crippen LogP contribution in [0.5, 0.6) is 0 Å². The van der Waals surface area contributed by atoms with E-state index < -0.39 is 24.3 Å². The molecular formula is C19H19N3O4. The highest BCUT2D eigenvalue weighted by Gasteiger charge is 2.51. The maximum atomic E-state index is 12.4. The van der Waals surface area contributed by atoms with E-state index in [4.69, 9.17) is 14.7 Å². The molecule has 2 amide bonds. The van der Waals surface area contributed by atoms with E-state index >= 15 is 0 Å². The fourth-order valence-corrected chi connectivity index (χ4v) is 3.12. The van der Waals surface area contributed by atoms with Gasteiger partial charge in [0, 0.05) is 0 Å². The van der Waals surface area contributed by atoms with Gasteiger partial charge in [-0.3, -0.25) is 0 Å². The molecule has 26 heavy (non-hydrogen) atoms. The van der Waals surface area contributed by atoms with Crippen LogP contribution in [0.15, 0.2) is 42.0 Å². The number of rotatable bonds is 3. The van der Waals surface area contributed by atoms with Gasteiger partial charge >= 0.3 is 12.2 Å². The van der Waals surface area contributed by atoms with Crippen LogP contribution in [0.25, 0.3) is 6.08 Å². The van der Waals surface area contributed by atoms with Crippen LogP contribution in [0.2, 0.25) is 0 Å². The highest BCUT2D eigenvalue weighted by molar-refractivity contribution is 5.80. The lowest BCUT2D eigenvalue weighted by molar-refractivity contribution is -0.0130. The number of carbonyl (C=O) groups excluding carboxylic acids is 2. The zero-order valence-electron chi connectivity index (χ0n) is 14.6. The highest BCUT2D eigenvalue weighted by atomic mass is 16.6. The summed E-state index contributed by atoms with van der Waals surface area (Å²) in [6, 6.07) is 8.37. The first kappa shape index (κ1) is 17.5. The van der Waals surface area contributed by atoms with Crippen LogP contribution in [0.4, 0.5) is 9.59 Å². The first-order valence-corrected chi connectivity index (χ1v) is 8.42. The fraction of sp³-hybridized carbons (Fsp3) is 0.316. The van der Waals surface area contributed by atoms with Crippen molar-refractivity contribution < 1.29 is 19.1 Å². The Kier molecular flexibility index (Phi) is 4.94. The Labute approximate surface area is 151 Å². The number of nitrogens with zero attached hydrogens (tertiary/aromatic N) is 3. The van der Waals surface area contributed by atoms with Crippen LogP contribution in [-0.2, 0) is 9.47 Å². The first-order chi connectivity index (χ1) is 12.6. The van der Waals surface area contributed by atoms with Gasteiger partial charge in [0.15, 0.2) is 0 Å². The molecule has 1 fully saturated rings. The monoisotopic (exact) mass is 353 g/mol. The predicted octanol–water partition coefficient (Wildman–Crippen LogP) is 3.09. The van der Waals surface area contributed by atoms with E-state index in [1.807, 2.05) is 30.4 Å². The van der Waals surface area contributed by atoms with Gasteiger partial charge in [-0.2, -0.15) is 5.26 Å². The van der Waals surface area contributed by atoms with Crippen LogP contribution >= 0.6 is 0 Å². The van der Waals surface area contributed by atoms with E-state index in [0.29, 0.717) is 5.56 Å². The lowest BCUT2D eigenvalue weighted by Gasteiger charge is -2.32. The number of hydrazine groups is 1. The van der Waals surface area contributed by atoms with Gasteiger partial charge in [-0.1, -0.05) is 30.4 Å². The van der Waals surface area contributed by atoms with E-state index in [2.05, 4.69) is 6.07 Å². The molecule has 7 nitrogen and oxygen atoms in total. The summed E-state index contributed by atoms with van der Waals surface area (Å²) in [5, 5.41) is 11.5. The third-order valence-corrected chi connectivity index (χ3v) is 4.20. The van der Waals surface area contributed by atoms with Gasteiger partial charge in [0.2, 0.25) is 0 Å². The van der Waals surface area contributed by atoms with E-state index in [0.717, 1.165) is 11.1 Å². The minimum atomic E-state index is -0.594. The van der Waals surface area contributed by atoms with Crippen molar-refractivity contribution in [2.45, 2.75) is 25.9 Å². The van der Waals surface area contributed by atoms with Gasteiger partial charge in [-0.05, 0) is 37.1 Å². The maximum absolute atomic E-state index is 12.4. The SMILES string of the molecule is CCOC(=O)N1[C@@H]2C=C[C@@H](C2=Cc2ccc(C#N)cc2)N1C(=O)OCC. The van der Waals surface area contributed by atoms with Crippen molar-refractivity contribution in [1.29, 1.82) is 5.26 Å². The third kappa shape index (κ3) is 3.02. The van der Waals surface area contributed by atoms with Gasteiger partial charge in [0.25, 0.3) is 0 Å². The minimum absolute atomic E-state index is 0.210. The quantitative estimate of drug-likeness (QED) is 0.780. The van der Waals surface area contributed by atoms with Crippen molar-refractivity contribution in [3.63, 3.8) is 0 Å². The Morgan fingerprint density at radius 2 is 1.54 bits per heavy atom. The summed E-state index contributed by atoms with van der Waals surface area (Å²) in [6.45, 7) is 3.85. The number of carbonyl (C=O) groups is 2. The first-order valence-electron chi connectivity index (χ1n) is 8.42. The Hall–Kier alpha value is -3.27. The van der Waals surface area contributed by atoms with Gasteiger partial charge in [0.05, 0.1) is 36.9 Å². The number of fused-ring (bicyclic) bond motifs is 2. The van der Waals surface area contributed by atoms with Crippen molar-refractivity contribution in [3.05, 3.63) is 53.1 Å². The van der Waals surface area contributed by atoms with E-state index in [-0.39, 0.29) is 13.2 Å². The summed E-state index contributed by atoms with van der Waals surface area (Å²) < 4.78 is 10.2. The van der Waals surface area contributed by atoms with Crippen molar-refractivity contribution >= 4 is 18.3 Å². The Morgan fingerprint density at radius 3 is 1.96 bits per heavy atom. The third-order valence-electron chi connectivity index (χ3n) is 4.20. The second-order valence-corrected chi connectivity index (χ2v) is 5.74. The molecule has 0 radical (unpaired) electrons. The van der Waals surface area contributed by atoms with E-state index in [9.17, 15) is 9.59 Å². The molecule has 1 aliphatic carbocycles. The lowest BCUT2D eigenvalue weighted by atomic mass is 10.0. The summed E-state index contributed by atoms with van der Waals surface area (Å²) in [5.41, 5.74) is 2.32. The average Bonchev–Trinajstić information content (AvgIpc) is 3.17. The lowest BCUT2D eigenvalue weighted by Crippen LogP contribution is -2.52. The molecule has 0 N–H and O–H groups in total. The molecular weight excluding hydrogens is 334 g/mol. The van der Waals surface area contributed by atoms with Crippen LogP contribution in [-0.4, -0.2) is 47.5 Å². The molecule has 2 aliphatic rings. The molecule has 0 aromatic heterocycles. The normalized spacial score (nSPS) is 21.8. The smallest absolute Gasteiger partial charge is 0.429 e. The zero-order valence-corrected chi connectivity index (χ0v) is 14.6. The summed E-state index contributed by atoms with van der Waals surface area (Å²) in [6.07, 6.45) is 4.47. The van der Waals surface area contributed by atoms with Crippen LogP contribution in [0, 0.1) is 11.3 Å². The Bertz CT molecular complexity index is 771. The van der Waals surface area contributed by atoms with Crippen LogP contribution in [0.3, 0.4) is 0 Å². The number of benzene rings is 1. The van der Waals surface area contributed by atoms with Crippen molar-refractivity contribution in [2.24, 2.45) is 0 Å². The molecule has 0 saturated carbocycles. The molecule has 1 aliphatic heterocycles. The van der Waals surface area contributed by atoms with Gasteiger partial charge in [-0.15, -0.1) is 0 Å². The average molecular weight is 353 g/mol. The molecule has 0 spiro atoms. The van der Waals surface area contributed by atoms with Crippen molar-refractivity contribution in [2.75, 3.05) is 13.2 Å². The summed E-state index contributed by atoms with van der Waals surface area (Å²) in [7, 11) is 0. The number of ether oxygens (including phenoxy) is 2. The van der Waals surface area contributed by atoms with Crippen molar-refractivity contribution in [3.8, 4) is 6.07 Å². The molecule has 2 bridgehead atoms. The fourth-order valence-electron chi connectivity index (χ4n) is 3.12. The van der Waals surface area contributed by atoms with Gasteiger partial charge in [-0.25, -0.2) is 19.6 Å². The van der Waals surface area contributed by atoms with E-state index in [1.165, 1.54) is 10.0 Å². The molecule has 2 atom stereocenters. The minimum Gasteiger partial charge on any atom is -0.448 e. The van der Waals surface area contributed by atoms with Gasteiger partial charge in [0.1, 0.15) is 0 Å².